The van der Waals surface area contributed by atoms with Crippen LogP contribution in [0.4, 0.5) is 0 Å². The number of benzene rings is 1. The summed E-state index contributed by atoms with van der Waals surface area (Å²) >= 11 is 0. The normalized spacial score (nSPS) is 18.6. The van der Waals surface area contributed by atoms with E-state index in [4.69, 9.17) is 4.74 Å². The summed E-state index contributed by atoms with van der Waals surface area (Å²) in [6.07, 6.45) is 16.4. The fraction of sp³-hybridized carbons (Fsp3) is 0.571. The summed E-state index contributed by atoms with van der Waals surface area (Å²) in [7, 11) is 0. The van der Waals surface area contributed by atoms with Crippen molar-refractivity contribution in [2.24, 2.45) is 11.8 Å². The maximum Gasteiger partial charge on any atom is 0.314 e. The van der Waals surface area contributed by atoms with E-state index in [0.29, 0.717) is 5.75 Å². The minimum atomic E-state index is -0.0656. The van der Waals surface area contributed by atoms with Crippen LogP contribution in [0, 0.1) is 11.8 Å². The summed E-state index contributed by atoms with van der Waals surface area (Å²) in [5, 5.41) is 0. The second-order valence-corrected chi connectivity index (χ2v) is 9.17. The molecular formula is C28H39NO2. The van der Waals surface area contributed by atoms with Crippen molar-refractivity contribution in [1.82, 2.24) is 4.98 Å². The van der Waals surface area contributed by atoms with Gasteiger partial charge in [0.15, 0.2) is 0 Å². The molecule has 0 saturated heterocycles. The third kappa shape index (κ3) is 7.48. The third-order valence-electron chi connectivity index (χ3n) is 6.64. The molecule has 0 aliphatic heterocycles. The van der Waals surface area contributed by atoms with Crippen molar-refractivity contribution in [1.29, 1.82) is 0 Å². The van der Waals surface area contributed by atoms with Crippen molar-refractivity contribution >= 4 is 5.97 Å². The van der Waals surface area contributed by atoms with E-state index in [1.165, 1.54) is 50.5 Å². The van der Waals surface area contributed by atoms with Crippen LogP contribution in [0.5, 0.6) is 5.75 Å². The molecule has 0 bridgehead atoms. The fourth-order valence-electron chi connectivity index (χ4n) is 4.66. The molecule has 0 atom stereocenters. The van der Waals surface area contributed by atoms with E-state index in [1.54, 1.807) is 0 Å². The number of hydrogen-bond donors (Lipinski definition) is 0. The number of pyridine rings is 1. The number of hydrogen-bond acceptors (Lipinski definition) is 3. The lowest BCUT2D eigenvalue weighted by Crippen LogP contribution is -2.25. The second kappa shape index (κ2) is 12.6. The smallest absolute Gasteiger partial charge is 0.314 e. The van der Waals surface area contributed by atoms with Gasteiger partial charge in [-0.05, 0) is 80.3 Å². The Hall–Kier alpha value is -2.16. The van der Waals surface area contributed by atoms with Crippen LogP contribution in [0.1, 0.15) is 90.0 Å². The van der Waals surface area contributed by atoms with Gasteiger partial charge in [0.25, 0.3) is 0 Å². The molecule has 3 heteroatoms. The van der Waals surface area contributed by atoms with E-state index in [2.05, 4.69) is 31.0 Å². The van der Waals surface area contributed by atoms with Crippen LogP contribution >= 0.6 is 0 Å². The maximum absolute atomic E-state index is 12.5. The van der Waals surface area contributed by atoms with Gasteiger partial charge in [-0.3, -0.25) is 9.78 Å². The maximum atomic E-state index is 12.5. The third-order valence-corrected chi connectivity index (χ3v) is 6.64. The summed E-state index contributed by atoms with van der Waals surface area (Å²) in [5.74, 6) is 1.43. The van der Waals surface area contributed by atoms with E-state index in [-0.39, 0.29) is 11.9 Å². The van der Waals surface area contributed by atoms with Gasteiger partial charge in [0.2, 0.25) is 0 Å². The lowest BCUT2D eigenvalue weighted by atomic mass is 9.80. The number of nitrogens with zero attached hydrogens (tertiary/aromatic N) is 1. The van der Waals surface area contributed by atoms with Crippen molar-refractivity contribution in [3.05, 3.63) is 48.2 Å². The molecule has 31 heavy (non-hydrogen) atoms. The number of ether oxygens (including phenoxy) is 1. The molecule has 2 aromatic rings. The van der Waals surface area contributed by atoms with Gasteiger partial charge in [-0.25, -0.2) is 0 Å². The molecular weight excluding hydrogens is 382 g/mol. The first-order chi connectivity index (χ1) is 15.2. The number of carbonyl (C=O) groups is 1. The lowest BCUT2D eigenvalue weighted by molar-refractivity contribution is -0.140. The first-order valence-electron chi connectivity index (χ1n) is 12.5. The average molecular weight is 422 g/mol. The van der Waals surface area contributed by atoms with Crippen LogP contribution in [0.25, 0.3) is 11.3 Å². The Bertz CT molecular complexity index is 774. The Labute approximate surface area is 188 Å². The van der Waals surface area contributed by atoms with Crippen molar-refractivity contribution in [2.45, 2.75) is 90.9 Å². The Morgan fingerprint density at radius 3 is 2.29 bits per heavy atom. The van der Waals surface area contributed by atoms with Crippen LogP contribution in [0.15, 0.2) is 42.6 Å². The summed E-state index contributed by atoms with van der Waals surface area (Å²) in [5.41, 5.74) is 3.32. The highest BCUT2D eigenvalue weighted by Gasteiger charge is 2.27. The molecule has 1 aromatic carbocycles. The molecule has 0 radical (unpaired) electrons. The Morgan fingerprint density at radius 1 is 0.903 bits per heavy atom. The molecule has 0 amide bonds. The quantitative estimate of drug-likeness (QED) is 0.211. The number of esters is 1. The molecule has 0 spiro atoms. The molecule has 1 aliphatic rings. The van der Waals surface area contributed by atoms with Gasteiger partial charge in [0.05, 0.1) is 11.6 Å². The van der Waals surface area contributed by atoms with Crippen LogP contribution in [0.2, 0.25) is 0 Å². The van der Waals surface area contributed by atoms with Crippen LogP contribution < -0.4 is 4.74 Å². The van der Waals surface area contributed by atoms with Crippen LogP contribution in [-0.2, 0) is 11.2 Å². The summed E-state index contributed by atoms with van der Waals surface area (Å²) in [4.78, 5) is 17.2. The van der Waals surface area contributed by atoms with Crippen LogP contribution in [0.3, 0.4) is 0 Å². The van der Waals surface area contributed by atoms with Crippen molar-refractivity contribution in [3.8, 4) is 17.0 Å². The summed E-state index contributed by atoms with van der Waals surface area (Å²) in [6.45, 7) is 4.49. The highest BCUT2D eigenvalue weighted by Crippen LogP contribution is 2.32. The van der Waals surface area contributed by atoms with Gasteiger partial charge in [-0.1, -0.05) is 58.4 Å². The highest BCUT2D eigenvalue weighted by atomic mass is 16.5. The number of unbranched alkanes of at least 4 members (excludes halogenated alkanes) is 4. The molecule has 0 N–H and O–H groups in total. The largest absolute Gasteiger partial charge is 0.426 e. The predicted octanol–water partition coefficient (Wildman–Crippen LogP) is 7.77. The van der Waals surface area contributed by atoms with Gasteiger partial charge in [0, 0.05) is 11.8 Å². The zero-order valence-electron chi connectivity index (χ0n) is 19.4. The molecule has 1 aliphatic carbocycles. The van der Waals surface area contributed by atoms with Crippen molar-refractivity contribution in [3.63, 3.8) is 0 Å². The molecule has 3 nitrogen and oxygen atoms in total. The first-order valence-corrected chi connectivity index (χ1v) is 12.5. The molecule has 1 saturated carbocycles. The minimum absolute atomic E-state index is 0.0592. The lowest BCUT2D eigenvalue weighted by Gasteiger charge is -2.26. The Balaban J connectivity index is 1.47. The fourth-order valence-corrected chi connectivity index (χ4v) is 4.66. The zero-order valence-corrected chi connectivity index (χ0v) is 19.4. The van der Waals surface area contributed by atoms with Gasteiger partial charge in [0.1, 0.15) is 5.75 Å². The summed E-state index contributed by atoms with van der Waals surface area (Å²) in [6, 6.07) is 12.0. The van der Waals surface area contributed by atoms with E-state index < -0.39 is 0 Å². The highest BCUT2D eigenvalue weighted by molar-refractivity contribution is 5.75. The van der Waals surface area contributed by atoms with Crippen molar-refractivity contribution < 1.29 is 9.53 Å². The summed E-state index contributed by atoms with van der Waals surface area (Å²) < 4.78 is 5.67. The van der Waals surface area contributed by atoms with Gasteiger partial charge < -0.3 is 4.74 Å². The Kier molecular flexibility index (Phi) is 9.58. The second-order valence-electron chi connectivity index (χ2n) is 9.17. The van der Waals surface area contributed by atoms with Gasteiger partial charge in [-0.2, -0.15) is 0 Å². The topological polar surface area (TPSA) is 39.2 Å². The number of rotatable bonds is 11. The SMILES string of the molecule is CCCCCCCc1ccc(-c2ccc(OC(=O)C3CCC(CCC)CC3)cc2)nc1. The number of aryl methyl sites for hydroxylation is 1. The van der Waals surface area contributed by atoms with Crippen molar-refractivity contribution in [2.75, 3.05) is 0 Å². The minimum Gasteiger partial charge on any atom is -0.426 e. The van der Waals surface area contributed by atoms with E-state index in [9.17, 15) is 4.79 Å². The predicted molar refractivity (Wildman–Crippen MR) is 128 cm³/mol. The molecule has 0 unspecified atom stereocenters. The number of aromatic nitrogens is 1. The molecule has 1 aromatic heterocycles. The van der Waals surface area contributed by atoms with E-state index in [0.717, 1.165) is 49.3 Å². The van der Waals surface area contributed by atoms with Crippen LogP contribution in [-0.4, -0.2) is 11.0 Å². The van der Waals surface area contributed by atoms with Gasteiger partial charge >= 0.3 is 5.97 Å². The average Bonchev–Trinajstić information content (AvgIpc) is 2.81. The monoisotopic (exact) mass is 421 g/mol. The van der Waals surface area contributed by atoms with E-state index >= 15 is 0 Å². The Morgan fingerprint density at radius 2 is 1.65 bits per heavy atom. The molecule has 3 rings (SSSR count). The van der Waals surface area contributed by atoms with E-state index in [1.807, 2.05) is 30.5 Å². The molecule has 168 valence electrons. The molecule has 1 heterocycles. The zero-order chi connectivity index (χ0) is 21.9. The standard InChI is InChI=1S/C28H39NO2/c1-3-5-6-7-8-10-23-13-20-27(29-21-23)24-16-18-26(19-17-24)31-28(30)25-14-11-22(9-4-2)12-15-25/h13,16-22,25H,3-12,14-15H2,1-2H3. The molecule has 1 fully saturated rings. The van der Waals surface area contributed by atoms with Gasteiger partial charge in [-0.15, -0.1) is 0 Å². The first kappa shape index (κ1) is 23.5. The number of carbonyl (C=O) groups excluding carboxylic acids is 1.